The second kappa shape index (κ2) is 8.71. The van der Waals surface area contributed by atoms with Crippen molar-refractivity contribution < 1.29 is 4.39 Å². The van der Waals surface area contributed by atoms with Crippen LogP contribution in [0.25, 0.3) is 16.3 Å². The lowest BCUT2D eigenvalue weighted by Crippen LogP contribution is -2.21. The first-order chi connectivity index (χ1) is 14.7. The van der Waals surface area contributed by atoms with Crippen molar-refractivity contribution in [2.45, 2.75) is 6.42 Å². The molecule has 2 aromatic carbocycles. The lowest BCUT2D eigenvalue weighted by molar-refractivity contribution is 0.608. The molecule has 8 heteroatoms. The Labute approximate surface area is 175 Å². The predicted molar refractivity (Wildman–Crippen MR) is 117 cm³/mol. The summed E-state index contributed by atoms with van der Waals surface area (Å²) in [6.45, 7) is 0. The molecule has 30 heavy (non-hydrogen) atoms. The van der Waals surface area contributed by atoms with E-state index in [0.717, 1.165) is 11.2 Å². The maximum Gasteiger partial charge on any atom is 0.209 e. The Kier molecular flexibility index (Phi) is 5.67. The molecule has 0 spiro atoms. The van der Waals surface area contributed by atoms with Gasteiger partial charge in [-0.1, -0.05) is 18.2 Å². The van der Waals surface area contributed by atoms with Crippen molar-refractivity contribution in [3.05, 3.63) is 94.1 Å². The summed E-state index contributed by atoms with van der Waals surface area (Å²) in [5, 5.41) is 14.3. The SMILES string of the molecule is N=CCC(=Nc1ccccc1)c1nn(-c2ccc(-c3nccs3)cc2F)ccc1=O. The molecule has 0 aliphatic carbocycles. The van der Waals surface area contributed by atoms with Crippen LogP contribution in [-0.4, -0.2) is 26.7 Å². The van der Waals surface area contributed by atoms with Gasteiger partial charge in [0.15, 0.2) is 5.69 Å². The maximum absolute atomic E-state index is 14.8. The smallest absolute Gasteiger partial charge is 0.209 e. The van der Waals surface area contributed by atoms with E-state index in [-0.39, 0.29) is 23.2 Å². The van der Waals surface area contributed by atoms with Crippen molar-refractivity contribution in [2.24, 2.45) is 4.99 Å². The monoisotopic (exact) mass is 417 g/mol. The van der Waals surface area contributed by atoms with Crippen LogP contribution in [0.5, 0.6) is 0 Å². The molecule has 4 aromatic rings. The Balaban J connectivity index is 1.77. The minimum atomic E-state index is -0.488. The standard InChI is InChI=1S/C22H16FN5OS/c23-17-14-15(22-25-11-13-30-22)6-7-19(17)28-12-9-20(29)21(27-28)18(8-10-24)26-16-4-2-1-3-5-16/h1-7,9-14,24H,8H2. The van der Waals surface area contributed by atoms with E-state index in [1.54, 1.807) is 30.5 Å². The minimum Gasteiger partial charge on any atom is -0.313 e. The number of aromatic nitrogens is 3. The summed E-state index contributed by atoms with van der Waals surface area (Å²) in [7, 11) is 0. The summed E-state index contributed by atoms with van der Waals surface area (Å²) in [6, 6.07) is 15.2. The molecule has 0 aliphatic rings. The number of hydrogen-bond donors (Lipinski definition) is 1. The van der Waals surface area contributed by atoms with Gasteiger partial charge < -0.3 is 5.41 Å². The number of rotatable bonds is 6. The highest BCUT2D eigenvalue weighted by Crippen LogP contribution is 2.25. The molecule has 1 N–H and O–H groups in total. The lowest BCUT2D eigenvalue weighted by atomic mass is 10.1. The van der Waals surface area contributed by atoms with Crippen LogP contribution in [0.1, 0.15) is 12.1 Å². The zero-order chi connectivity index (χ0) is 20.9. The fraction of sp³-hybridized carbons (Fsp3) is 0.0455. The third-order valence-electron chi connectivity index (χ3n) is 4.27. The van der Waals surface area contributed by atoms with Crippen LogP contribution in [0.4, 0.5) is 10.1 Å². The first-order valence-electron chi connectivity index (χ1n) is 9.07. The number of para-hydroxylation sites is 1. The first-order valence-corrected chi connectivity index (χ1v) is 9.95. The van der Waals surface area contributed by atoms with Crippen molar-refractivity contribution >= 4 is 29.0 Å². The van der Waals surface area contributed by atoms with E-state index in [9.17, 15) is 9.18 Å². The molecule has 4 rings (SSSR count). The van der Waals surface area contributed by atoms with Gasteiger partial charge in [0.05, 0.1) is 11.4 Å². The van der Waals surface area contributed by atoms with Crippen LogP contribution in [0.15, 0.2) is 82.2 Å². The van der Waals surface area contributed by atoms with E-state index in [0.29, 0.717) is 17.0 Å². The second-order valence-corrected chi connectivity index (χ2v) is 7.17. The van der Waals surface area contributed by atoms with E-state index < -0.39 is 5.82 Å². The van der Waals surface area contributed by atoms with Crippen molar-refractivity contribution in [1.82, 2.24) is 14.8 Å². The van der Waals surface area contributed by atoms with Gasteiger partial charge in [0.2, 0.25) is 5.43 Å². The molecule has 0 unspecified atom stereocenters. The highest BCUT2D eigenvalue weighted by molar-refractivity contribution is 7.13. The Hall–Kier alpha value is -3.78. The largest absolute Gasteiger partial charge is 0.313 e. The van der Waals surface area contributed by atoms with Gasteiger partial charge in [-0.15, -0.1) is 11.3 Å². The van der Waals surface area contributed by atoms with Gasteiger partial charge in [0, 0.05) is 42.0 Å². The summed E-state index contributed by atoms with van der Waals surface area (Å²) in [5.74, 6) is -0.488. The zero-order valence-electron chi connectivity index (χ0n) is 15.7. The van der Waals surface area contributed by atoms with Gasteiger partial charge in [-0.2, -0.15) is 5.10 Å². The highest BCUT2D eigenvalue weighted by Gasteiger charge is 2.14. The molecule has 6 nitrogen and oxygen atoms in total. The second-order valence-electron chi connectivity index (χ2n) is 6.28. The number of nitrogens with zero attached hydrogens (tertiary/aromatic N) is 4. The van der Waals surface area contributed by atoms with Crippen LogP contribution in [0.3, 0.4) is 0 Å². The highest BCUT2D eigenvalue weighted by atomic mass is 32.1. The van der Waals surface area contributed by atoms with Crippen molar-refractivity contribution in [3.63, 3.8) is 0 Å². The van der Waals surface area contributed by atoms with Gasteiger partial charge >= 0.3 is 0 Å². The Morgan fingerprint density at radius 1 is 1.20 bits per heavy atom. The number of hydrogen-bond acceptors (Lipinski definition) is 6. The lowest BCUT2D eigenvalue weighted by Gasteiger charge is -2.10. The average molecular weight is 417 g/mol. The van der Waals surface area contributed by atoms with E-state index in [1.807, 2.05) is 23.6 Å². The Bertz CT molecular complexity index is 1270. The number of aliphatic imine (C=N–C) groups is 1. The van der Waals surface area contributed by atoms with Crippen LogP contribution < -0.4 is 5.43 Å². The molecule has 0 radical (unpaired) electrons. The number of nitrogens with one attached hydrogen (secondary N) is 1. The average Bonchev–Trinajstić information content (AvgIpc) is 3.30. The van der Waals surface area contributed by atoms with Crippen molar-refractivity contribution in [1.29, 1.82) is 5.41 Å². The third-order valence-corrected chi connectivity index (χ3v) is 5.09. The minimum absolute atomic E-state index is 0.0771. The normalized spacial score (nSPS) is 11.4. The molecule has 0 saturated carbocycles. The number of benzene rings is 2. The van der Waals surface area contributed by atoms with E-state index in [4.69, 9.17) is 5.41 Å². The Morgan fingerprint density at radius 2 is 2.03 bits per heavy atom. The fourth-order valence-electron chi connectivity index (χ4n) is 2.88. The molecule has 0 saturated heterocycles. The summed E-state index contributed by atoms with van der Waals surface area (Å²) in [4.78, 5) is 21.1. The van der Waals surface area contributed by atoms with Crippen LogP contribution in [-0.2, 0) is 0 Å². The van der Waals surface area contributed by atoms with Gasteiger partial charge in [0.1, 0.15) is 16.5 Å². The molecule has 0 atom stereocenters. The summed E-state index contributed by atoms with van der Waals surface area (Å²) in [5.41, 5.74) is 1.59. The zero-order valence-corrected chi connectivity index (χ0v) is 16.5. The summed E-state index contributed by atoms with van der Waals surface area (Å²) in [6.07, 6.45) is 4.37. The Morgan fingerprint density at radius 3 is 2.73 bits per heavy atom. The van der Waals surface area contributed by atoms with Crippen LogP contribution in [0.2, 0.25) is 0 Å². The van der Waals surface area contributed by atoms with Gasteiger partial charge in [-0.25, -0.2) is 14.1 Å². The van der Waals surface area contributed by atoms with E-state index >= 15 is 0 Å². The molecular weight excluding hydrogens is 401 g/mol. The summed E-state index contributed by atoms with van der Waals surface area (Å²) >= 11 is 1.42. The first kappa shape index (κ1) is 19.5. The number of thiazole rings is 1. The molecule has 0 amide bonds. The van der Waals surface area contributed by atoms with Crippen LogP contribution >= 0.6 is 11.3 Å². The third kappa shape index (κ3) is 4.13. The van der Waals surface area contributed by atoms with Gasteiger partial charge in [-0.3, -0.25) is 9.79 Å². The van der Waals surface area contributed by atoms with Crippen LogP contribution in [0, 0.1) is 11.2 Å². The molecule has 2 aromatic heterocycles. The van der Waals surface area contributed by atoms with E-state index in [2.05, 4.69) is 15.1 Å². The molecular formula is C22H16FN5OS. The topological polar surface area (TPSA) is 84.0 Å². The van der Waals surface area contributed by atoms with Crippen molar-refractivity contribution in [3.8, 4) is 16.3 Å². The van der Waals surface area contributed by atoms with E-state index in [1.165, 1.54) is 34.3 Å². The van der Waals surface area contributed by atoms with Gasteiger partial charge in [0.25, 0.3) is 0 Å². The quantitative estimate of drug-likeness (QED) is 0.463. The molecule has 148 valence electrons. The number of halogens is 1. The fourth-order valence-corrected chi connectivity index (χ4v) is 3.52. The molecule has 0 fully saturated rings. The molecule has 2 heterocycles. The molecule has 0 aliphatic heterocycles. The summed E-state index contributed by atoms with van der Waals surface area (Å²) < 4.78 is 16.1. The predicted octanol–water partition coefficient (Wildman–Crippen LogP) is 4.66. The van der Waals surface area contributed by atoms with Crippen molar-refractivity contribution in [2.75, 3.05) is 0 Å². The molecule has 0 bridgehead atoms. The van der Waals surface area contributed by atoms with Gasteiger partial charge in [-0.05, 0) is 30.3 Å². The maximum atomic E-state index is 14.8.